The fourth-order valence-corrected chi connectivity index (χ4v) is 4.53. The van der Waals surface area contributed by atoms with Gasteiger partial charge in [-0.05, 0) is 42.2 Å². The molecular weight excluding hydrogens is 378 g/mol. The number of carbonyl (C=O) groups is 1. The van der Waals surface area contributed by atoms with Crippen molar-refractivity contribution in [2.24, 2.45) is 0 Å². The van der Waals surface area contributed by atoms with E-state index >= 15 is 0 Å². The molecule has 2 aromatic carbocycles. The van der Waals surface area contributed by atoms with Gasteiger partial charge in [0.05, 0.1) is 23.7 Å². The fraction of sp³-hybridized carbons (Fsp3) is 0.381. The van der Waals surface area contributed by atoms with E-state index in [0.717, 1.165) is 12.0 Å². The van der Waals surface area contributed by atoms with Crippen LogP contribution in [0.4, 0.5) is 0 Å². The minimum Gasteiger partial charge on any atom is -0.423 e. The molecule has 0 saturated carbocycles. The number of ether oxygens (including phenoxy) is 2. The third-order valence-electron chi connectivity index (χ3n) is 4.94. The largest absolute Gasteiger partial charge is 0.423 e. The summed E-state index contributed by atoms with van der Waals surface area (Å²) >= 11 is 0. The van der Waals surface area contributed by atoms with Gasteiger partial charge < -0.3 is 9.47 Å². The van der Waals surface area contributed by atoms with Crippen LogP contribution >= 0.6 is 0 Å². The first-order valence-corrected chi connectivity index (χ1v) is 10.9. The normalized spacial score (nSPS) is 16.5. The maximum atomic E-state index is 12.8. The Bertz CT molecular complexity index is 935. The Kier molecular flexibility index (Phi) is 6.49. The van der Waals surface area contributed by atoms with Crippen molar-refractivity contribution in [2.75, 3.05) is 26.3 Å². The highest BCUT2D eigenvalue weighted by molar-refractivity contribution is 7.89. The zero-order valence-electron chi connectivity index (χ0n) is 16.1. The van der Waals surface area contributed by atoms with E-state index in [9.17, 15) is 13.2 Å². The Balaban J connectivity index is 1.84. The highest BCUT2D eigenvalue weighted by atomic mass is 32.2. The number of hydrogen-bond donors (Lipinski definition) is 0. The molecule has 150 valence electrons. The number of sulfonamides is 1. The van der Waals surface area contributed by atoms with Crippen LogP contribution in [0, 0.1) is 0 Å². The zero-order chi connectivity index (χ0) is 20.1. The molecule has 0 spiro atoms. The molecule has 0 radical (unpaired) electrons. The molecule has 1 atom stereocenters. The Morgan fingerprint density at radius 2 is 1.86 bits per heavy atom. The summed E-state index contributed by atoms with van der Waals surface area (Å²) in [5, 5.41) is 0. The second-order valence-corrected chi connectivity index (χ2v) is 8.72. The second-order valence-electron chi connectivity index (χ2n) is 6.78. The highest BCUT2D eigenvalue weighted by Gasteiger charge is 2.27. The van der Waals surface area contributed by atoms with Crippen molar-refractivity contribution >= 4 is 16.0 Å². The van der Waals surface area contributed by atoms with Crippen molar-refractivity contribution in [1.82, 2.24) is 4.31 Å². The molecule has 3 rings (SSSR count). The Morgan fingerprint density at radius 1 is 1.14 bits per heavy atom. The predicted octanol–water partition coefficient (Wildman–Crippen LogP) is 3.44. The summed E-state index contributed by atoms with van der Waals surface area (Å²) < 4.78 is 37.8. The summed E-state index contributed by atoms with van der Waals surface area (Å²) in [5.41, 5.74) is 1.16. The maximum Gasteiger partial charge on any atom is 0.343 e. The lowest BCUT2D eigenvalue weighted by atomic mass is 9.98. The molecular formula is C21H25NO5S. The third-order valence-corrected chi connectivity index (χ3v) is 6.84. The summed E-state index contributed by atoms with van der Waals surface area (Å²) in [6.07, 6.45) is 0.918. The Hall–Kier alpha value is -2.22. The van der Waals surface area contributed by atoms with Crippen LogP contribution in [-0.2, 0) is 14.8 Å². The van der Waals surface area contributed by atoms with Crippen LogP contribution < -0.4 is 4.74 Å². The number of rotatable bonds is 6. The van der Waals surface area contributed by atoms with Crippen molar-refractivity contribution in [3.63, 3.8) is 0 Å². The van der Waals surface area contributed by atoms with Crippen LogP contribution in [0.2, 0.25) is 0 Å². The van der Waals surface area contributed by atoms with Crippen molar-refractivity contribution in [3.05, 3.63) is 59.7 Å². The van der Waals surface area contributed by atoms with E-state index < -0.39 is 16.0 Å². The van der Waals surface area contributed by atoms with Gasteiger partial charge in [0.25, 0.3) is 0 Å². The summed E-state index contributed by atoms with van der Waals surface area (Å²) in [7, 11) is -3.67. The number of hydrogen-bond acceptors (Lipinski definition) is 5. The maximum absolute atomic E-state index is 12.8. The monoisotopic (exact) mass is 403 g/mol. The number of esters is 1. The minimum absolute atomic E-state index is 0.0825. The van der Waals surface area contributed by atoms with Crippen LogP contribution in [0.1, 0.15) is 42.1 Å². The van der Waals surface area contributed by atoms with Crippen LogP contribution in [0.3, 0.4) is 0 Å². The quantitative estimate of drug-likeness (QED) is 0.546. The van der Waals surface area contributed by atoms with E-state index in [1.165, 1.54) is 16.4 Å². The Labute approximate surface area is 166 Å². The first-order chi connectivity index (χ1) is 13.4. The van der Waals surface area contributed by atoms with Crippen molar-refractivity contribution in [3.8, 4) is 5.75 Å². The van der Waals surface area contributed by atoms with Crippen LogP contribution in [-0.4, -0.2) is 45.0 Å². The molecule has 1 heterocycles. The molecule has 0 amide bonds. The van der Waals surface area contributed by atoms with E-state index in [-0.39, 0.29) is 16.4 Å². The third kappa shape index (κ3) is 4.43. The topological polar surface area (TPSA) is 72.9 Å². The molecule has 1 aliphatic heterocycles. The molecule has 1 aliphatic rings. The van der Waals surface area contributed by atoms with Gasteiger partial charge in [0, 0.05) is 13.1 Å². The molecule has 6 nitrogen and oxygen atoms in total. The molecule has 1 fully saturated rings. The van der Waals surface area contributed by atoms with Crippen LogP contribution in [0.25, 0.3) is 0 Å². The van der Waals surface area contributed by atoms with Crippen LogP contribution in [0.5, 0.6) is 5.75 Å². The molecule has 0 N–H and O–H groups in total. The lowest BCUT2D eigenvalue weighted by Crippen LogP contribution is -2.40. The van der Waals surface area contributed by atoms with E-state index in [4.69, 9.17) is 9.47 Å². The van der Waals surface area contributed by atoms with Crippen molar-refractivity contribution < 1.29 is 22.7 Å². The van der Waals surface area contributed by atoms with E-state index in [1.807, 2.05) is 18.2 Å². The van der Waals surface area contributed by atoms with Gasteiger partial charge in [-0.1, -0.05) is 38.1 Å². The number of carbonyl (C=O) groups excluding carboxylic acids is 1. The lowest BCUT2D eigenvalue weighted by Gasteiger charge is -2.26. The van der Waals surface area contributed by atoms with Gasteiger partial charge in [0.1, 0.15) is 5.75 Å². The highest BCUT2D eigenvalue weighted by Crippen LogP contribution is 2.29. The standard InChI is InChI=1S/C21H25NO5S/c1-3-16(2)19-9-4-5-10-20(19)27-21(23)17-7-6-8-18(15-17)28(24,25)22-11-13-26-14-12-22/h4-10,15-16H,3,11-14H2,1-2H3. The second kappa shape index (κ2) is 8.86. The molecule has 7 heteroatoms. The van der Waals surface area contributed by atoms with Gasteiger partial charge in [0.15, 0.2) is 0 Å². The predicted molar refractivity (Wildman–Crippen MR) is 106 cm³/mol. The zero-order valence-corrected chi connectivity index (χ0v) is 16.9. The van der Waals surface area contributed by atoms with E-state index in [0.29, 0.717) is 32.1 Å². The number of morpholine rings is 1. The minimum atomic E-state index is -3.67. The SMILES string of the molecule is CCC(C)c1ccccc1OC(=O)c1cccc(S(=O)(=O)N2CCOCC2)c1. The number of nitrogens with zero attached hydrogens (tertiary/aromatic N) is 1. The summed E-state index contributed by atoms with van der Waals surface area (Å²) in [5.74, 6) is 0.176. The first kappa shape index (κ1) is 20.5. The van der Waals surface area contributed by atoms with Crippen molar-refractivity contribution in [2.45, 2.75) is 31.1 Å². The Morgan fingerprint density at radius 3 is 2.57 bits per heavy atom. The lowest BCUT2D eigenvalue weighted by molar-refractivity contribution is 0.0726. The molecule has 28 heavy (non-hydrogen) atoms. The molecule has 0 bridgehead atoms. The molecule has 1 saturated heterocycles. The molecule has 0 aliphatic carbocycles. The smallest absolute Gasteiger partial charge is 0.343 e. The summed E-state index contributed by atoms with van der Waals surface area (Å²) in [6.45, 7) is 5.49. The molecule has 2 aromatic rings. The van der Waals surface area contributed by atoms with Crippen LogP contribution in [0.15, 0.2) is 53.4 Å². The van der Waals surface area contributed by atoms with Gasteiger partial charge in [-0.3, -0.25) is 0 Å². The van der Waals surface area contributed by atoms with Gasteiger partial charge in [-0.2, -0.15) is 4.31 Å². The van der Waals surface area contributed by atoms with E-state index in [1.54, 1.807) is 18.2 Å². The summed E-state index contributed by atoms with van der Waals surface area (Å²) in [4.78, 5) is 12.8. The average molecular weight is 404 g/mol. The summed E-state index contributed by atoms with van der Waals surface area (Å²) in [6, 6.07) is 13.4. The van der Waals surface area contributed by atoms with E-state index in [2.05, 4.69) is 13.8 Å². The van der Waals surface area contributed by atoms with Gasteiger partial charge >= 0.3 is 5.97 Å². The molecule has 0 aromatic heterocycles. The van der Waals surface area contributed by atoms with Gasteiger partial charge in [-0.15, -0.1) is 0 Å². The number of para-hydroxylation sites is 1. The number of benzene rings is 2. The first-order valence-electron chi connectivity index (χ1n) is 9.42. The van der Waals surface area contributed by atoms with Crippen molar-refractivity contribution in [1.29, 1.82) is 0 Å². The van der Waals surface area contributed by atoms with Gasteiger partial charge in [0.2, 0.25) is 10.0 Å². The average Bonchev–Trinajstić information content (AvgIpc) is 2.74. The fourth-order valence-electron chi connectivity index (χ4n) is 3.08. The molecule has 1 unspecified atom stereocenters. The van der Waals surface area contributed by atoms with Gasteiger partial charge in [-0.25, -0.2) is 13.2 Å².